The first-order valence-corrected chi connectivity index (χ1v) is 10.7. The minimum atomic E-state index is -1.12. The number of piperidine rings is 1. The van der Waals surface area contributed by atoms with E-state index >= 15 is 0 Å². The predicted octanol–water partition coefficient (Wildman–Crippen LogP) is 1.35. The summed E-state index contributed by atoms with van der Waals surface area (Å²) in [5.74, 6) is -0.210. The van der Waals surface area contributed by atoms with E-state index in [1.54, 1.807) is 15.8 Å². The van der Waals surface area contributed by atoms with Crippen molar-refractivity contribution < 1.29 is 9.90 Å². The summed E-state index contributed by atoms with van der Waals surface area (Å²) in [6.07, 6.45) is 6.65. The molecule has 0 saturated carbocycles. The Morgan fingerprint density at radius 3 is 2.52 bits per heavy atom. The molecule has 10 heteroatoms. The Morgan fingerprint density at radius 2 is 1.82 bits per heavy atom. The maximum absolute atomic E-state index is 13.1. The summed E-state index contributed by atoms with van der Waals surface area (Å²) in [6, 6.07) is 9.47. The molecule has 4 aromatic rings. The third-order valence-corrected chi connectivity index (χ3v) is 6.00. The van der Waals surface area contributed by atoms with E-state index in [1.165, 1.54) is 23.3 Å². The maximum atomic E-state index is 13.1. The van der Waals surface area contributed by atoms with Gasteiger partial charge in [-0.05, 0) is 31.9 Å². The zero-order valence-electron chi connectivity index (χ0n) is 18.1. The number of rotatable bonds is 4. The lowest BCUT2D eigenvalue weighted by molar-refractivity contribution is -0.0300. The molecule has 168 valence electrons. The zero-order chi connectivity index (χ0) is 23.0. The fourth-order valence-corrected chi connectivity index (χ4v) is 4.09. The van der Waals surface area contributed by atoms with Gasteiger partial charge in [-0.25, -0.2) is 14.6 Å². The van der Waals surface area contributed by atoms with Crippen LogP contribution in [0.15, 0.2) is 60.0 Å². The Morgan fingerprint density at radius 1 is 1.06 bits per heavy atom. The minimum absolute atomic E-state index is 0.0949. The molecule has 3 aromatic heterocycles. The summed E-state index contributed by atoms with van der Waals surface area (Å²) < 4.78 is 3.04. The lowest BCUT2D eigenvalue weighted by Crippen LogP contribution is -2.49. The Bertz CT molecular complexity index is 1350. The van der Waals surface area contributed by atoms with Crippen molar-refractivity contribution in [1.82, 2.24) is 34.2 Å². The van der Waals surface area contributed by atoms with Gasteiger partial charge < -0.3 is 10.0 Å². The van der Waals surface area contributed by atoms with Crippen molar-refractivity contribution in [2.45, 2.75) is 31.9 Å². The number of likely N-dealkylation sites (tertiary alicyclic amines) is 1. The Labute approximate surface area is 189 Å². The Kier molecular flexibility index (Phi) is 5.21. The van der Waals surface area contributed by atoms with E-state index < -0.39 is 5.60 Å². The van der Waals surface area contributed by atoms with Crippen LogP contribution in [0.2, 0.25) is 0 Å². The fourth-order valence-electron chi connectivity index (χ4n) is 4.09. The molecular weight excluding hydrogens is 422 g/mol. The third kappa shape index (κ3) is 4.00. The quantitative estimate of drug-likeness (QED) is 0.504. The Balaban J connectivity index is 1.32. The van der Waals surface area contributed by atoms with Gasteiger partial charge in [-0.1, -0.05) is 18.2 Å². The van der Waals surface area contributed by atoms with Crippen LogP contribution in [-0.2, 0) is 6.54 Å². The second-order valence-electron chi connectivity index (χ2n) is 8.37. The highest BCUT2D eigenvalue weighted by molar-refractivity contribution is 5.92. The Hall–Kier alpha value is -3.92. The van der Waals surface area contributed by atoms with E-state index in [0.717, 1.165) is 11.4 Å². The summed E-state index contributed by atoms with van der Waals surface area (Å²) in [5, 5.41) is 15.8. The normalized spacial score (nSPS) is 15.6. The van der Waals surface area contributed by atoms with Crippen LogP contribution < -0.4 is 5.56 Å². The summed E-state index contributed by atoms with van der Waals surface area (Å²) in [7, 11) is 0. The summed E-state index contributed by atoms with van der Waals surface area (Å²) in [6.45, 7) is 2.63. The van der Waals surface area contributed by atoms with Gasteiger partial charge >= 0.3 is 0 Å². The molecule has 1 fully saturated rings. The number of hydrogen-bond acceptors (Lipinski definition) is 7. The fraction of sp³-hybridized carbons (Fsp3) is 0.304. The second-order valence-corrected chi connectivity index (χ2v) is 8.37. The molecule has 0 spiro atoms. The number of fused-ring (bicyclic) bond motifs is 1. The second kappa shape index (κ2) is 8.21. The van der Waals surface area contributed by atoms with E-state index in [0.29, 0.717) is 37.0 Å². The molecule has 4 heterocycles. The van der Waals surface area contributed by atoms with Gasteiger partial charge in [-0.15, -0.1) is 0 Å². The first-order valence-electron chi connectivity index (χ1n) is 10.7. The third-order valence-electron chi connectivity index (χ3n) is 6.00. The SMILES string of the molecule is Cc1cnc(C(=O)N2CCC(O)(Cn3cnc4c(cnn4-c4ccccc4)c3=O)CC2)cn1. The number of hydrogen-bond donors (Lipinski definition) is 1. The number of carbonyl (C=O) groups excluding carboxylic acids is 1. The van der Waals surface area contributed by atoms with Crippen LogP contribution >= 0.6 is 0 Å². The lowest BCUT2D eigenvalue weighted by Gasteiger charge is -2.38. The van der Waals surface area contributed by atoms with Gasteiger partial charge in [0.2, 0.25) is 0 Å². The van der Waals surface area contributed by atoms with Crippen molar-refractivity contribution >= 4 is 16.9 Å². The van der Waals surface area contributed by atoms with Gasteiger partial charge in [0.05, 0.1) is 35.9 Å². The predicted molar refractivity (Wildman–Crippen MR) is 120 cm³/mol. The van der Waals surface area contributed by atoms with Crippen LogP contribution in [0, 0.1) is 6.92 Å². The van der Waals surface area contributed by atoms with Crippen molar-refractivity contribution in [3.05, 3.63) is 77.0 Å². The van der Waals surface area contributed by atoms with Crippen molar-refractivity contribution in [2.24, 2.45) is 0 Å². The largest absolute Gasteiger partial charge is 0.388 e. The highest BCUT2D eigenvalue weighted by Crippen LogP contribution is 2.25. The maximum Gasteiger partial charge on any atom is 0.274 e. The van der Waals surface area contributed by atoms with Crippen LogP contribution in [0.4, 0.5) is 0 Å². The first kappa shape index (κ1) is 21.0. The molecule has 10 nitrogen and oxygen atoms in total. The van der Waals surface area contributed by atoms with Gasteiger partial charge in [0, 0.05) is 19.3 Å². The standard InChI is InChI=1S/C23H23N7O3/c1-16-11-25-19(13-24-16)22(32)28-9-7-23(33,8-10-28)14-29-15-26-20-18(21(29)31)12-27-30(20)17-5-3-2-4-6-17/h2-6,11-13,15,33H,7-10,14H2,1H3. The average molecular weight is 445 g/mol. The molecule has 1 aromatic carbocycles. The number of aryl methyl sites for hydroxylation is 1. The summed E-state index contributed by atoms with van der Waals surface area (Å²) in [5.41, 5.74) is 0.922. The first-order chi connectivity index (χ1) is 15.9. The number of benzene rings is 1. The number of aliphatic hydroxyl groups is 1. The van der Waals surface area contributed by atoms with E-state index in [9.17, 15) is 14.7 Å². The number of para-hydroxylation sites is 1. The van der Waals surface area contributed by atoms with E-state index in [1.807, 2.05) is 37.3 Å². The molecule has 1 N–H and O–H groups in total. The van der Waals surface area contributed by atoms with Crippen LogP contribution in [0.3, 0.4) is 0 Å². The molecule has 0 atom stereocenters. The molecule has 33 heavy (non-hydrogen) atoms. The lowest BCUT2D eigenvalue weighted by atomic mass is 9.91. The van der Waals surface area contributed by atoms with E-state index in [4.69, 9.17) is 0 Å². The van der Waals surface area contributed by atoms with Crippen molar-refractivity contribution in [2.75, 3.05) is 13.1 Å². The molecule has 1 aliphatic heterocycles. The molecule has 1 saturated heterocycles. The highest BCUT2D eigenvalue weighted by Gasteiger charge is 2.35. The average Bonchev–Trinajstić information content (AvgIpc) is 3.27. The highest BCUT2D eigenvalue weighted by atomic mass is 16.3. The monoisotopic (exact) mass is 445 g/mol. The van der Waals surface area contributed by atoms with Crippen LogP contribution in [0.5, 0.6) is 0 Å². The van der Waals surface area contributed by atoms with Crippen molar-refractivity contribution in [3.8, 4) is 5.69 Å². The molecule has 1 aliphatic rings. The number of carbonyl (C=O) groups is 1. The van der Waals surface area contributed by atoms with Gasteiger partial charge in [0.15, 0.2) is 5.65 Å². The number of aromatic nitrogens is 6. The van der Waals surface area contributed by atoms with Gasteiger partial charge in [0.1, 0.15) is 17.4 Å². The topological polar surface area (TPSA) is 119 Å². The number of nitrogens with zero attached hydrogens (tertiary/aromatic N) is 7. The summed E-state index contributed by atoms with van der Waals surface area (Å²) >= 11 is 0. The number of amides is 1. The van der Waals surface area contributed by atoms with Crippen molar-refractivity contribution in [3.63, 3.8) is 0 Å². The smallest absolute Gasteiger partial charge is 0.274 e. The van der Waals surface area contributed by atoms with Crippen LogP contribution in [0.25, 0.3) is 16.7 Å². The van der Waals surface area contributed by atoms with Crippen LogP contribution in [-0.4, -0.2) is 63.9 Å². The molecule has 0 aliphatic carbocycles. The van der Waals surface area contributed by atoms with E-state index in [2.05, 4.69) is 20.1 Å². The minimum Gasteiger partial charge on any atom is -0.388 e. The molecule has 0 radical (unpaired) electrons. The van der Waals surface area contributed by atoms with Gasteiger partial charge in [-0.2, -0.15) is 5.10 Å². The molecule has 0 bridgehead atoms. The van der Waals surface area contributed by atoms with Gasteiger partial charge in [0.25, 0.3) is 11.5 Å². The van der Waals surface area contributed by atoms with Crippen molar-refractivity contribution in [1.29, 1.82) is 0 Å². The molecule has 5 rings (SSSR count). The van der Waals surface area contributed by atoms with E-state index in [-0.39, 0.29) is 23.7 Å². The molecule has 1 amide bonds. The molecule has 0 unspecified atom stereocenters. The summed E-state index contributed by atoms with van der Waals surface area (Å²) in [4.78, 5) is 40.1. The van der Waals surface area contributed by atoms with Crippen LogP contribution in [0.1, 0.15) is 29.0 Å². The zero-order valence-corrected chi connectivity index (χ0v) is 18.1. The van der Waals surface area contributed by atoms with Gasteiger partial charge in [-0.3, -0.25) is 19.1 Å². The molecular formula is C23H23N7O3.